The van der Waals surface area contributed by atoms with Gasteiger partial charge in [0.2, 0.25) is 5.91 Å². The number of benzene rings is 2. The average Bonchev–Trinajstić information content (AvgIpc) is 3.22. The summed E-state index contributed by atoms with van der Waals surface area (Å²) in [5, 5.41) is 10.1. The second-order valence-electron chi connectivity index (χ2n) is 7.08. The van der Waals surface area contributed by atoms with Crippen LogP contribution in [0.4, 0.5) is 0 Å². The van der Waals surface area contributed by atoms with Gasteiger partial charge in [0.25, 0.3) is 0 Å². The van der Waals surface area contributed by atoms with Crippen LogP contribution in [0, 0.1) is 0 Å². The third-order valence-electron chi connectivity index (χ3n) is 5.10. The maximum absolute atomic E-state index is 12.6. The number of carbonyl (C=O) groups is 1. The molecule has 4 rings (SSSR count). The molecule has 1 aliphatic heterocycles. The number of thioether (sulfide) groups is 1. The summed E-state index contributed by atoms with van der Waals surface area (Å²) in [6.07, 6.45) is 3.37. The van der Waals surface area contributed by atoms with Gasteiger partial charge in [-0.3, -0.25) is 9.36 Å². The van der Waals surface area contributed by atoms with E-state index in [2.05, 4.69) is 10.2 Å². The van der Waals surface area contributed by atoms with Gasteiger partial charge in [0.15, 0.2) is 11.0 Å². The first-order valence-corrected chi connectivity index (χ1v) is 11.3. The van der Waals surface area contributed by atoms with Crippen molar-refractivity contribution in [1.82, 2.24) is 19.7 Å². The SMILES string of the molecule is COc1ccc(-n2c(SCC(=O)N3CCCCC3)nnc2-c2ccc(Cl)cc2)cc1. The lowest BCUT2D eigenvalue weighted by Gasteiger charge is -2.26. The Kier molecular flexibility index (Phi) is 6.59. The fourth-order valence-electron chi connectivity index (χ4n) is 3.47. The summed E-state index contributed by atoms with van der Waals surface area (Å²) in [4.78, 5) is 14.6. The lowest BCUT2D eigenvalue weighted by molar-refractivity contribution is -0.129. The van der Waals surface area contributed by atoms with Crippen LogP contribution < -0.4 is 4.74 Å². The zero-order chi connectivity index (χ0) is 20.9. The predicted molar refractivity (Wildman–Crippen MR) is 120 cm³/mol. The van der Waals surface area contributed by atoms with Crippen LogP contribution in [0.2, 0.25) is 5.02 Å². The lowest BCUT2D eigenvalue weighted by atomic mass is 10.1. The molecule has 3 aromatic rings. The first-order valence-electron chi connectivity index (χ1n) is 9.92. The monoisotopic (exact) mass is 442 g/mol. The van der Waals surface area contributed by atoms with Gasteiger partial charge < -0.3 is 9.64 Å². The number of amides is 1. The highest BCUT2D eigenvalue weighted by atomic mass is 35.5. The molecular formula is C22H23ClN4O2S. The maximum atomic E-state index is 12.6. The van der Waals surface area contributed by atoms with Crippen molar-refractivity contribution in [3.63, 3.8) is 0 Å². The second-order valence-corrected chi connectivity index (χ2v) is 8.46. The summed E-state index contributed by atoms with van der Waals surface area (Å²) >= 11 is 7.46. The molecule has 156 valence electrons. The van der Waals surface area contributed by atoms with Crippen molar-refractivity contribution in [2.24, 2.45) is 0 Å². The lowest BCUT2D eigenvalue weighted by Crippen LogP contribution is -2.36. The molecule has 0 unspecified atom stereocenters. The molecule has 1 amide bonds. The fourth-order valence-corrected chi connectivity index (χ4v) is 4.45. The summed E-state index contributed by atoms with van der Waals surface area (Å²) in [7, 11) is 1.64. The molecular weight excluding hydrogens is 420 g/mol. The van der Waals surface area contributed by atoms with E-state index in [0.717, 1.165) is 42.9 Å². The molecule has 0 bridgehead atoms. The second kappa shape index (κ2) is 9.53. The third kappa shape index (κ3) is 4.63. The minimum absolute atomic E-state index is 0.150. The number of piperidine rings is 1. The van der Waals surface area contributed by atoms with Gasteiger partial charge in [-0.25, -0.2) is 0 Å². The standard InChI is InChI=1S/C22H23ClN4O2S/c1-29-19-11-9-18(10-12-19)27-21(16-5-7-17(23)8-6-16)24-25-22(27)30-15-20(28)26-13-3-2-4-14-26/h5-12H,2-4,13-15H2,1H3. The number of aromatic nitrogens is 3. The summed E-state index contributed by atoms with van der Waals surface area (Å²) in [6.45, 7) is 1.70. The van der Waals surface area contributed by atoms with Crippen molar-refractivity contribution in [2.75, 3.05) is 26.0 Å². The first kappa shape index (κ1) is 20.8. The number of hydrogen-bond donors (Lipinski definition) is 0. The molecule has 0 radical (unpaired) electrons. The topological polar surface area (TPSA) is 60.2 Å². The first-order chi connectivity index (χ1) is 14.7. The van der Waals surface area contributed by atoms with Crippen molar-refractivity contribution < 1.29 is 9.53 Å². The van der Waals surface area contributed by atoms with Crippen molar-refractivity contribution in [1.29, 1.82) is 0 Å². The molecule has 0 N–H and O–H groups in total. The Morgan fingerprint density at radius 2 is 1.73 bits per heavy atom. The van der Waals surface area contributed by atoms with Crippen molar-refractivity contribution in [3.8, 4) is 22.8 Å². The molecule has 1 fully saturated rings. The number of hydrogen-bond acceptors (Lipinski definition) is 5. The zero-order valence-electron chi connectivity index (χ0n) is 16.8. The van der Waals surface area contributed by atoms with Gasteiger partial charge >= 0.3 is 0 Å². The fraction of sp³-hybridized carbons (Fsp3) is 0.318. The maximum Gasteiger partial charge on any atom is 0.233 e. The molecule has 0 atom stereocenters. The van der Waals surface area contributed by atoms with E-state index in [-0.39, 0.29) is 5.91 Å². The van der Waals surface area contributed by atoms with Crippen LogP contribution in [0.5, 0.6) is 5.75 Å². The van der Waals surface area contributed by atoms with Gasteiger partial charge in [0.05, 0.1) is 12.9 Å². The Balaban J connectivity index is 1.63. The molecule has 0 saturated carbocycles. The van der Waals surface area contributed by atoms with Crippen LogP contribution in [0.3, 0.4) is 0 Å². The Morgan fingerprint density at radius 3 is 2.40 bits per heavy atom. The highest BCUT2D eigenvalue weighted by molar-refractivity contribution is 7.99. The summed E-state index contributed by atoms with van der Waals surface area (Å²) in [5.74, 6) is 1.96. The van der Waals surface area contributed by atoms with E-state index >= 15 is 0 Å². The smallest absolute Gasteiger partial charge is 0.233 e. The number of ether oxygens (including phenoxy) is 1. The van der Waals surface area contributed by atoms with Crippen LogP contribution in [-0.2, 0) is 4.79 Å². The molecule has 2 aromatic carbocycles. The molecule has 1 saturated heterocycles. The summed E-state index contributed by atoms with van der Waals surface area (Å²) < 4.78 is 7.25. The number of halogens is 1. The predicted octanol–water partition coefficient (Wildman–Crippen LogP) is 4.70. The molecule has 1 aromatic heterocycles. The Bertz CT molecular complexity index is 999. The Hall–Kier alpha value is -2.51. The van der Waals surface area contributed by atoms with Crippen LogP contribution >= 0.6 is 23.4 Å². The minimum atomic E-state index is 0.150. The van der Waals surface area contributed by atoms with Gasteiger partial charge in [-0.2, -0.15) is 0 Å². The molecule has 0 spiro atoms. The molecule has 0 aliphatic carbocycles. The van der Waals surface area contributed by atoms with Crippen LogP contribution in [0.1, 0.15) is 19.3 Å². The van der Waals surface area contributed by atoms with Crippen LogP contribution in [-0.4, -0.2) is 51.5 Å². The Labute approximate surface area is 185 Å². The highest BCUT2D eigenvalue weighted by Gasteiger charge is 2.20. The number of nitrogens with zero attached hydrogens (tertiary/aromatic N) is 4. The van der Waals surface area contributed by atoms with Gasteiger partial charge in [-0.05, 0) is 67.8 Å². The number of methoxy groups -OCH3 is 1. The number of rotatable bonds is 6. The summed E-state index contributed by atoms with van der Waals surface area (Å²) in [5.41, 5.74) is 1.80. The van der Waals surface area contributed by atoms with Gasteiger partial charge in [0, 0.05) is 29.4 Å². The van der Waals surface area contributed by atoms with E-state index in [1.165, 1.54) is 18.2 Å². The summed E-state index contributed by atoms with van der Waals surface area (Å²) in [6, 6.07) is 15.2. The minimum Gasteiger partial charge on any atom is -0.497 e. The van der Waals surface area contributed by atoms with Gasteiger partial charge in [-0.15, -0.1) is 10.2 Å². The van der Waals surface area contributed by atoms with Gasteiger partial charge in [-0.1, -0.05) is 23.4 Å². The van der Waals surface area contributed by atoms with Gasteiger partial charge in [0.1, 0.15) is 5.75 Å². The van der Waals surface area contributed by atoms with Crippen molar-refractivity contribution in [3.05, 3.63) is 53.6 Å². The molecule has 1 aliphatic rings. The van der Waals surface area contributed by atoms with Crippen molar-refractivity contribution in [2.45, 2.75) is 24.4 Å². The van der Waals surface area contributed by atoms with E-state index in [1.807, 2.05) is 58.0 Å². The highest BCUT2D eigenvalue weighted by Crippen LogP contribution is 2.30. The average molecular weight is 443 g/mol. The van der Waals surface area contributed by atoms with Crippen LogP contribution in [0.25, 0.3) is 17.1 Å². The largest absolute Gasteiger partial charge is 0.497 e. The Morgan fingerprint density at radius 1 is 1.03 bits per heavy atom. The zero-order valence-corrected chi connectivity index (χ0v) is 18.3. The van der Waals surface area contributed by atoms with Crippen molar-refractivity contribution >= 4 is 29.3 Å². The van der Waals surface area contributed by atoms with E-state index in [9.17, 15) is 4.79 Å². The third-order valence-corrected chi connectivity index (χ3v) is 6.27. The quantitative estimate of drug-likeness (QED) is 0.518. The van der Waals surface area contributed by atoms with E-state index in [0.29, 0.717) is 21.8 Å². The van der Waals surface area contributed by atoms with E-state index in [1.54, 1.807) is 7.11 Å². The molecule has 2 heterocycles. The molecule has 6 nitrogen and oxygen atoms in total. The number of likely N-dealkylation sites (tertiary alicyclic amines) is 1. The van der Waals surface area contributed by atoms with E-state index in [4.69, 9.17) is 16.3 Å². The number of carbonyl (C=O) groups excluding carboxylic acids is 1. The molecule has 8 heteroatoms. The van der Waals surface area contributed by atoms with Crippen LogP contribution in [0.15, 0.2) is 53.7 Å². The molecule has 30 heavy (non-hydrogen) atoms. The normalized spacial score (nSPS) is 14.0. The van der Waals surface area contributed by atoms with E-state index < -0.39 is 0 Å².